The van der Waals surface area contributed by atoms with Crippen molar-refractivity contribution < 1.29 is 0 Å². The normalized spacial score (nSPS) is 10.8. The first-order valence-corrected chi connectivity index (χ1v) is 5.64. The Morgan fingerprint density at radius 2 is 2.21 bits per heavy atom. The van der Waals surface area contributed by atoms with E-state index in [1.165, 1.54) is 4.52 Å². The van der Waals surface area contributed by atoms with Crippen LogP contribution < -0.4 is 5.73 Å². The second-order valence-corrected chi connectivity index (χ2v) is 4.09. The molecule has 7 nitrogen and oxygen atoms in total. The second-order valence-electron chi connectivity index (χ2n) is 4.09. The molecular formula is C12H11N7. The van der Waals surface area contributed by atoms with Gasteiger partial charge in [-0.2, -0.15) is 9.50 Å². The minimum atomic E-state index is -0.0712. The number of fused-ring (bicyclic) bond motifs is 1. The van der Waals surface area contributed by atoms with E-state index in [0.717, 1.165) is 11.3 Å². The topological polar surface area (TPSA) is 106 Å². The van der Waals surface area contributed by atoms with Gasteiger partial charge in [-0.15, -0.1) is 5.10 Å². The summed E-state index contributed by atoms with van der Waals surface area (Å²) in [7, 11) is 0. The molecule has 0 saturated carbocycles. The van der Waals surface area contributed by atoms with Gasteiger partial charge in [0.2, 0.25) is 0 Å². The Labute approximate surface area is 108 Å². The molecule has 3 rings (SSSR count). The van der Waals surface area contributed by atoms with E-state index < -0.39 is 0 Å². The highest BCUT2D eigenvalue weighted by molar-refractivity contribution is 5.93. The van der Waals surface area contributed by atoms with E-state index in [9.17, 15) is 0 Å². The highest BCUT2D eigenvalue weighted by atomic mass is 15.3. The van der Waals surface area contributed by atoms with Crippen molar-refractivity contribution in [1.29, 1.82) is 5.41 Å². The fourth-order valence-corrected chi connectivity index (χ4v) is 1.80. The number of aryl methyl sites for hydroxylation is 1. The second kappa shape index (κ2) is 4.13. The van der Waals surface area contributed by atoms with E-state index >= 15 is 0 Å². The minimum absolute atomic E-state index is 0.0712. The van der Waals surface area contributed by atoms with Crippen LogP contribution in [0.2, 0.25) is 0 Å². The molecule has 0 atom stereocenters. The Morgan fingerprint density at radius 3 is 2.89 bits per heavy atom. The molecule has 3 aromatic rings. The Balaban J connectivity index is 2.26. The minimum Gasteiger partial charge on any atom is -0.382 e. The quantitative estimate of drug-likeness (QED) is 0.518. The highest BCUT2D eigenvalue weighted by Crippen LogP contribution is 2.15. The van der Waals surface area contributed by atoms with E-state index in [2.05, 4.69) is 20.1 Å². The molecule has 19 heavy (non-hydrogen) atoms. The van der Waals surface area contributed by atoms with Crippen molar-refractivity contribution in [3.63, 3.8) is 0 Å². The fraction of sp³-hybridized carbons (Fsp3) is 0.0833. The molecule has 0 aromatic carbocycles. The maximum absolute atomic E-state index is 7.58. The van der Waals surface area contributed by atoms with Crippen molar-refractivity contribution >= 4 is 11.6 Å². The van der Waals surface area contributed by atoms with Gasteiger partial charge in [-0.25, -0.2) is 4.98 Å². The molecule has 0 bridgehead atoms. The summed E-state index contributed by atoms with van der Waals surface area (Å²) in [6.45, 7) is 1.82. The molecule has 3 heterocycles. The largest absolute Gasteiger partial charge is 0.382 e. The van der Waals surface area contributed by atoms with Crippen molar-refractivity contribution in [3.8, 4) is 11.4 Å². The van der Waals surface area contributed by atoms with E-state index in [-0.39, 0.29) is 5.84 Å². The molecule has 0 aliphatic heterocycles. The zero-order valence-electron chi connectivity index (χ0n) is 10.2. The molecule has 0 saturated heterocycles. The standard InChI is InChI=1S/C12H11N7/c1-7-5-9(10(13)14)19-12(16-7)17-11(18-19)8-3-2-4-15-6-8/h2-6H,1H3,(H3,13,14). The van der Waals surface area contributed by atoms with Gasteiger partial charge in [-0.05, 0) is 25.1 Å². The summed E-state index contributed by atoms with van der Waals surface area (Å²) < 4.78 is 1.47. The first kappa shape index (κ1) is 11.3. The van der Waals surface area contributed by atoms with Gasteiger partial charge in [0.15, 0.2) is 5.82 Å². The molecule has 0 aliphatic rings. The van der Waals surface area contributed by atoms with Crippen molar-refractivity contribution in [1.82, 2.24) is 24.6 Å². The summed E-state index contributed by atoms with van der Waals surface area (Å²) in [5.41, 5.74) is 7.56. The van der Waals surface area contributed by atoms with Gasteiger partial charge in [0.05, 0.1) is 0 Å². The lowest BCUT2D eigenvalue weighted by Crippen LogP contribution is -2.17. The van der Waals surface area contributed by atoms with Crippen LogP contribution in [0.3, 0.4) is 0 Å². The van der Waals surface area contributed by atoms with E-state index in [1.54, 1.807) is 18.5 Å². The maximum Gasteiger partial charge on any atom is 0.253 e. The average Bonchev–Trinajstić information content (AvgIpc) is 2.82. The number of amidine groups is 1. The van der Waals surface area contributed by atoms with Crippen LogP contribution in [0.15, 0.2) is 30.6 Å². The lowest BCUT2D eigenvalue weighted by Gasteiger charge is -2.01. The lowest BCUT2D eigenvalue weighted by molar-refractivity contribution is 0.915. The molecule has 3 aromatic heterocycles. The van der Waals surface area contributed by atoms with Crippen LogP contribution in [0.25, 0.3) is 17.2 Å². The van der Waals surface area contributed by atoms with Crippen LogP contribution in [0.4, 0.5) is 0 Å². The SMILES string of the molecule is Cc1cc(C(=N)N)n2nc(-c3cccnc3)nc2n1. The van der Waals surface area contributed by atoms with Crippen molar-refractivity contribution in [2.24, 2.45) is 5.73 Å². The first-order valence-electron chi connectivity index (χ1n) is 5.64. The number of hydrogen-bond donors (Lipinski definition) is 2. The van der Waals surface area contributed by atoms with Gasteiger partial charge in [-0.1, -0.05) is 0 Å². The zero-order valence-corrected chi connectivity index (χ0v) is 10.2. The number of nitrogens with zero attached hydrogens (tertiary/aromatic N) is 5. The third-order valence-corrected chi connectivity index (χ3v) is 2.64. The molecular weight excluding hydrogens is 242 g/mol. The number of rotatable bonds is 2. The van der Waals surface area contributed by atoms with Crippen molar-refractivity contribution in [3.05, 3.63) is 42.0 Å². The summed E-state index contributed by atoms with van der Waals surface area (Å²) in [4.78, 5) is 12.6. The van der Waals surface area contributed by atoms with Crippen LogP contribution in [0.1, 0.15) is 11.4 Å². The van der Waals surface area contributed by atoms with Gasteiger partial charge < -0.3 is 5.73 Å². The van der Waals surface area contributed by atoms with Gasteiger partial charge >= 0.3 is 0 Å². The monoisotopic (exact) mass is 253 g/mol. The van der Waals surface area contributed by atoms with Crippen LogP contribution in [0.5, 0.6) is 0 Å². The van der Waals surface area contributed by atoms with E-state index in [4.69, 9.17) is 11.1 Å². The molecule has 7 heteroatoms. The predicted octanol–water partition coefficient (Wildman–Crippen LogP) is 0.779. The molecule has 0 spiro atoms. The molecule has 94 valence electrons. The molecule has 0 amide bonds. The van der Waals surface area contributed by atoms with Gasteiger partial charge in [0.1, 0.15) is 11.5 Å². The van der Waals surface area contributed by atoms with Crippen molar-refractivity contribution in [2.75, 3.05) is 0 Å². The Kier molecular flexibility index (Phi) is 2.45. The van der Waals surface area contributed by atoms with Gasteiger partial charge in [0.25, 0.3) is 5.78 Å². The van der Waals surface area contributed by atoms with Crippen LogP contribution in [0, 0.1) is 12.3 Å². The van der Waals surface area contributed by atoms with Crippen LogP contribution in [-0.2, 0) is 0 Å². The summed E-state index contributed by atoms with van der Waals surface area (Å²) in [5, 5.41) is 11.9. The molecule has 0 unspecified atom stereocenters. The average molecular weight is 253 g/mol. The molecule has 3 N–H and O–H groups in total. The summed E-state index contributed by atoms with van der Waals surface area (Å²) >= 11 is 0. The van der Waals surface area contributed by atoms with Gasteiger partial charge in [-0.3, -0.25) is 10.4 Å². The maximum atomic E-state index is 7.58. The lowest BCUT2D eigenvalue weighted by atomic mass is 10.3. The van der Waals surface area contributed by atoms with Crippen LogP contribution in [-0.4, -0.2) is 30.4 Å². The third kappa shape index (κ3) is 1.90. The number of hydrogen-bond acceptors (Lipinski definition) is 5. The zero-order chi connectivity index (χ0) is 13.4. The first-order chi connectivity index (χ1) is 9.15. The van der Waals surface area contributed by atoms with E-state index in [1.807, 2.05) is 19.1 Å². The Bertz CT molecular complexity index is 760. The van der Waals surface area contributed by atoms with Crippen LogP contribution >= 0.6 is 0 Å². The highest BCUT2D eigenvalue weighted by Gasteiger charge is 2.12. The number of pyridine rings is 1. The predicted molar refractivity (Wildman–Crippen MR) is 69.8 cm³/mol. The number of nitrogens with two attached hydrogens (primary N) is 1. The number of aromatic nitrogens is 5. The molecule has 0 fully saturated rings. The third-order valence-electron chi connectivity index (χ3n) is 2.64. The van der Waals surface area contributed by atoms with Gasteiger partial charge in [0, 0.05) is 23.7 Å². The molecule has 0 aliphatic carbocycles. The number of nitrogens with one attached hydrogen (secondary N) is 1. The summed E-state index contributed by atoms with van der Waals surface area (Å²) in [6, 6.07) is 5.38. The number of nitrogen functional groups attached to an aromatic ring is 1. The smallest absolute Gasteiger partial charge is 0.253 e. The van der Waals surface area contributed by atoms with E-state index in [0.29, 0.717) is 17.3 Å². The summed E-state index contributed by atoms with van der Waals surface area (Å²) in [6.07, 6.45) is 3.36. The Hall–Kier alpha value is -2.83. The summed E-state index contributed by atoms with van der Waals surface area (Å²) in [5.74, 6) is 0.857. The fourth-order valence-electron chi connectivity index (χ4n) is 1.80. The Morgan fingerprint density at radius 1 is 1.37 bits per heavy atom. The van der Waals surface area contributed by atoms with Crippen molar-refractivity contribution in [2.45, 2.75) is 6.92 Å². The molecule has 0 radical (unpaired) electrons.